The number of phenolic OH excluding ortho intramolecular Hbond substituents is 1. The fourth-order valence-corrected chi connectivity index (χ4v) is 5.24. The normalized spacial score (nSPS) is 17.6. The first kappa shape index (κ1) is 23.9. The number of amides is 1. The summed E-state index contributed by atoms with van der Waals surface area (Å²) in [7, 11) is 1.45. The summed E-state index contributed by atoms with van der Waals surface area (Å²) < 4.78 is 6.17. The van der Waals surface area contributed by atoms with E-state index in [-0.39, 0.29) is 28.9 Å². The van der Waals surface area contributed by atoms with Crippen LogP contribution in [0.3, 0.4) is 0 Å². The van der Waals surface area contributed by atoms with E-state index >= 15 is 0 Å². The lowest BCUT2D eigenvalue weighted by Crippen LogP contribution is -2.31. The smallest absolute Gasteiger partial charge is 0.234 e. The number of nitriles is 1. The number of nitrogens with one attached hydrogen (secondary N) is 2. The second-order valence-corrected chi connectivity index (χ2v) is 9.76. The van der Waals surface area contributed by atoms with Crippen LogP contribution in [0.2, 0.25) is 0 Å². The zero-order valence-corrected chi connectivity index (χ0v) is 20.8. The number of ketones is 1. The van der Waals surface area contributed by atoms with E-state index in [1.165, 1.54) is 24.9 Å². The van der Waals surface area contributed by atoms with Gasteiger partial charge in [-0.1, -0.05) is 33.8 Å². The van der Waals surface area contributed by atoms with Crippen LogP contribution in [0.1, 0.15) is 30.7 Å². The number of carbonyl (C=O) groups is 2. The first-order valence-electron chi connectivity index (χ1n) is 10.6. The average molecular weight is 540 g/mol. The number of hydrogen-bond donors (Lipinski definition) is 3. The van der Waals surface area contributed by atoms with Gasteiger partial charge in [-0.15, -0.1) is 0 Å². The number of halogens is 1. The molecule has 0 fully saturated rings. The predicted octanol–water partition coefficient (Wildman–Crippen LogP) is 4.96. The number of thioether (sulfide) groups is 1. The number of dihydropyridines is 1. The minimum Gasteiger partial charge on any atom is -0.504 e. The summed E-state index contributed by atoms with van der Waals surface area (Å²) in [4.78, 5) is 25.5. The molecule has 4 rings (SSSR count). The zero-order valence-electron chi connectivity index (χ0n) is 18.4. The molecular weight excluding hydrogens is 518 g/mol. The van der Waals surface area contributed by atoms with Crippen molar-refractivity contribution in [3.63, 3.8) is 0 Å². The number of nitrogens with zero attached hydrogens (tertiary/aromatic N) is 1. The topological polar surface area (TPSA) is 111 Å². The quantitative estimate of drug-likeness (QED) is 0.475. The molecule has 34 heavy (non-hydrogen) atoms. The van der Waals surface area contributed by atoms with Gasteiger partial charge in [-0.2, -0.15) is 5.26 Å². The van der Waals surface area contributed by atoms with Crippen LogP contribution in [-0.4, -0.2) is 29.7 Å². The molecule has 0 bridgehead atoms. The van der Waals surface area contributed by atoms with Crippen LogP contribution in [-0.2, 0) is 9.59 Å². The van der Waals surface area contributed by atoms with E-state index in [0.717, 1.165) is 16.6 Å². The van der Waals surface area contributed by atoms with Crippen LogP contribution in [0.4, 0.5) is 5.69 Å². The maximum atomic E-state index is 12.9. The van der Waals surface area contributed by atoms with Crippen LogP contribution in [0.25, 0.3) is 0 Å². The minimum atomic E-state index is -0.597. The molecule has 0 aromatic heterocycles. The molecule has 1 amide bonds. The Labute approximate surface area is 210 Å². The molecular formula is C25H22BrN3O4S. The summed E-state index contributed by atoms with van der Waals surface area (Å²) in [6.07, 6.45) is 1.82. The van der Waals surface area contributed by atoms with E-state index in [9.17, 15) is 20.0 Å². The summed E-state index contributed by atoms with van der Waals surface area (Å²) in [6.45, 7) is 0. The summed E-state index contributed by atoms with van der Waals surface area (Å²) in [5, 5.41) is 26.8. The Hall–Kier alpha value is -3.22. The second kappa shape index (κ2) is 10.4. The van der Waals surface area contributed by atoms with Crippen molar-refractivity contribution in [1.29, 1.82) is 5.26 Å². The van der Waals surface area contributed by atoms with Gasteiger partial charge in [-0.05, 0) is 54.8 Å². The molecule has 0 spiro atoms. The number of rotatable bonds is 6. The highest BCUT2D eigenvalue weighted by atomic mass is 79.9. The Kier molecular flexibility index (Phi) is 7.29. The van der Waals surface area contributed by atoms with Crippen LogP contribution in [0.15, 0.2) is 68.8 Å². The number of hydrogen-bond acceptors (Lipinski definition) is 7. The number of phenols is 1. The maximum absolute atomic E-state index is 12.9. The number of anilines is 1. The van der Waals surface area contributed by atoms with E-state index in [1.807, 2.05) is 12.1 Å². The zero-order chi connectivity index (χ0) is 24.2. The molecule has 1 aliphatic carbocycles. The maximum Gasteiger partial charge on any atom is 0.234 e. The third-order valence-corrected chi connectivity index (χ3v) is 7.22. The second-order valence-electron chi connectivity index (χ2n) is 7.86. The van der Waals surface area contributed by atoms with Gasteiger partial charge in [-0.25, -0.2) is 0 Å². The van der Waals surface area contributed by atoms with Gasteiger partial charge < -0.3 is 20.5 Å². The molecule has 3 N–H and O–H groups in total. The van der Waals surface area contributed by atoms with E-state index in [1.54, 1.807) is 24.3 Å². The van der Waals surface area contributed by atoms with E-state index in [2.05, 4.69) is 32.6 Å². The van der Waals surface area contributed by atoms with Crippen molar-refractivity contribution in [3.8, 4) is 17.6 Å². The van der Waals surface area contributed by atoms with Gasteiger partial charge in [0.25, 0.3) is 0 Å². The monoisotopic (exact) mass is 539 g/mol. The van der Waals surface area contributed by atoms with Crippen LogP contribution >= 0.6 is 27.7 Å². The Morgan fingerprint density at radius 2 is 2.06 bits per heavy atom. The number of Topliss-reactive ketones (excluding diaryl/α,β-unsaturated/α-hetero) is 1. The van der Waals surface area contributed by atoms with Crippen molar-refractivity contribution in [2.75, 3.05) is 18.2 Å². The molecule has 9 heteroatoms. The van der Waals surface area contributed by atoms with Gasteiger partial charge in [0.2, 0.25) is 5.91 Å². The number of allylic oxidation sites excluding steroid dienone is 3. The lowest BCUT2D eigenvalue weighted by Gasteiger charge is -2.33. The van der Waals surface area contributed by atoms with Gasteiger partial charge in [0.05, 0.1) is 35.5 Å². The number of carbonyl (C=O) groups excluding carboxylic acids is 2. The van der Waals surface area contributed by atoms with Crippen molar-refractivity contribution in [1.82, 2.24) is 5.32 Å². The molecule has 1 unspecified atom stereocenters. The molecule has 1 heterocycles. The van der Waals surface area contributed by atoms with Crippen molar-refractivity contribution < 1.29 is 19.4 Å². The van der Waals surface area contributed by atoms with Gasteiger partial charge >= 0.3 is 0 Å². The summed E-state index contributed by atoms with van der Waals surface area (Å²) in [5.74, 6) is -0.476. The van der Waals surface area contributed by atoms with Gasteiger partial charge in [0, 0.05) is 27.9 Å². The first-order chi connectivity index (χ1) is 16.4. The average Bonchev–Trinajstić information content (AvgIpc) is 2.84. The highest BCUT2D eigenvalue weighted by Gasteiger charge is 2.37. The largest absolute Gasteiger partial charge is 0.504 e. The van der Waals surface area contributed by atoms with Crippen LogP contribution in [0, 0.1) is 11.3 Å². The first-order valence-corrected chi connectivity index (χ1v) is 12.4. The Morgan fingerprint density at radius 3 is 2.76 bits per heavy atom. The number of benzene rings is 2. The van der Waals surface area contributed by atoms with Crippen molar-refractivity contribution in [3.05, 3.63) is 74.4 Å². The Bertz CT molecular complexity index is 1250. The van der Waals surface area contributed by atoms with Crippen LogP contribution in [0.5, 0.6) is 11.5 Å². The number of ether oxygens (including phenoxy) is 1. The molecule has 2 aliphatic rings. The van der Waals surface area contributed by atoms with E-state index in [4.69, 9.17) is 4.74 Å². The lowest BCUT2D eigenvalue weighted by molar-refractivity contribution is -0.116. The fourth-order valence-electron chi connectivity index (χ4n) is 4.11. The molecule has 174 valence electrons. The summed E-state index contributed by atoms with van der Waals surface area (Å²) in [6, 6.07) is 14.4. The molecule has 7 nitrogen and oxygen atoms in total. The predicted molar refractivity (Wildman–Crippen MR) is 134 cm³/mol. The molecule has 1 aliphatic heterocycles. The molecule has 0 saturated carbocycles. The van der Waals surface area contributed by atoms with E-state index < -0.39 is 5.92 Å². The van der Waals surface area contributed by atoms with Crippen molar-refractivity contribution >= 4 is 45.1 Å². The highest BCUT2D eigenvalue weighted by molar-refractivity contribution is 9.10. The molecule has 2 aromatic rings. The van der Waals surface area contributed by atoms with Crippen LogP contribution < -0.4 is 15.4 Å². The minimum absolute atomic E-state index is 0.00410. The van der Waals surface area contributed by atoms with Gasteiger partial charge in [0.1, 0.15) is 0 Å². The summed E-state index contributed by atoms with van der Waals surface area (Å²) >= 11 is 4.59. The Balaban J connectivity index is 1.64. The lowest BCUT2D eigenvalue weighted by atomic mass is 9.77. The molecule has 1 atom stereocenters. The third-order valence-electron chi connectivity index (χ3n) is 5.68. The summed E-state index contributed by atoms with van der Waals surface area (Å²) in [5.41, 5.74) is 3.06. The number of aromatic hydroxyl groups is 1. The van der Waals surface area contributed by atoms with Gasteiger partial charge in [0.15, 0.2) is 17.3 Å². The Morgan fingerprint density at radius 1 is 1.29 bits per heavy atom. The SMILES string of the molecule is COc1cc(C2C(C#N)=C(SCC(=O)Nc3ccc(Br)cc3)NC3=C2C(=O)CCC3)ccc1O. The van der Waals surface area contributed by atoms with Gasteiger partial charge in [-0.3, -0.25) is 9.59 Å². The fraction of sp³-hybridized carbons (Fsp3) is 0.240. The molecule has 0 radical (unpaired) electrons. The van der Waals surface area contributed by atoms with E-state index in [0.29, 0.717) is 40.3 Å². The third kappa shape index (κ3) is 4.98. The molecule has 2 aromatic carbocycles. The standard InChI is InChI=1S/C25H22BrN3O4S/c1-33-21-11-14(5-10-19(21)30)23-17(12-27)25(29-18-3-2-4-20(31)24(18)23)34-13-22(32)28-16-8-6-15(26)7-9-16/h5-11,23,29-30H,2-4,13H2,1H3,(H,28,32). The number of methoxy groups -OCH3 is 1. The molecule has 0 saturated heterocycles. The highest BCUT2D eigenvalue weighted by Crippen LogP contribution is 2.45. The van der Waals surface area contributed by atoms with Crippen molar-refractivity contribution in [2.45, 2.75) is 25.2 Å². The van der Waals surface area contributed by atoms with Crippen molar-refractivity contribution in [2.24, 2.45) is 0 Å².